The molecule has 2 heterocycles. The van der Waals surface area contributed by atoms with Gasteiger partial charge in [0, 0.05) is 24.9 Å². The molecule has 0 atom stereocenters. The summed E-state index contributed by atoms with van der Waals surface area (Å²) in [6, 6.07) is 15.1. The third-order valence-electron chi connectivity index (χ3n) is 5.44. The third-order valence-corrected chi connectivity index (χ3v) is 6.38. The largest absolute Gasteiger partial charge is 0.494 e. The van der Waals surface area contributed by atoms with Gasteiger partial charge in [0.15, 0.2) is 5.17 Å². The number of amidine groups is 1. The number of ether oxygens (including phenoxy) is 1. The lowest BCUT2D eigenvalue weighted by atomic mass is 10.1. The molecule has 0 unspecified atom stereocenters. The van der Waals surface area contributed by atoms with Crippen molar-refractivity contribution < 1.29 is 9.13 Å². The Morgan fingerprint density at radius 2 is 1.86 bits per heavy atom. The number of rotatable bonds is 7. The highest BCUT2D eigenvalue weighted by molar-refractivity contribution is 8.13. The molecule has 2 aromatic rings. The van der Waals surface area contributed by atoms with Crippen molar-refractivity contribution in [3.05, 3.63) is 59.9 Å². The van der Waals surface area contributed by atoms with E-state index in [1.165, 1.54) is 17.7 Å². The van der Waals surface area contributed by atoms with Crippen molar-refractivity contribution in [2.75, 3.05) is 26.2 Å². The second kappa shape index (κ2) is 10.1. The van der Waals surface area contributed by atoms with Gasteiger partial charge in [-0.1, -0.05) is 30.0 Å². The van der Waals surface area contributed by atoms with Gasteiger partial charge in [-0.15, -0.1) is 0 Å². The standard InChI is InChI=1S/C23H28FN3OS/c24-19-7-9-21(10-8-19)28-16-4-3-13-27-14-11-20(12-15-27)25-23-26-22-6-2-1-5-18(22)17-29-23/h1-2,5-10,20H,3-4,11-17H2,(H,25,26). The molecule has 6 heteroatoms. The molecule has 2 aromatic carbocycles. The first-order valence-corrected chi connectivity index (χ1v) is 11.4. The fourth-order valence-electron chi connectivity index (χ4n) is 3.74. The lowest BCUT2D eigenvalue weighted by Crippen LogP contribution is -2.44. The Morgan fingerprint density at radius 3 is 2.69 bits per heavy atom. The number of nitrogens with one attached hydrogen (secondary N) is 1. The van der Waals surface area contributed by atoms with Crippen LogP contribution in [-0.4, -0.2) is 42.4 Å². The molecular weight excluding hydrogens is 385 g/mol. The van der Waals surface area contributed by atoms with Crippen LogP contribution in [-0.2, 0) is 5.75 Å². The molecule has 4 nitrogen and oxygen atoms in total. The SMILES string of the molecule is Fc1ccc(OCCCCN2CCC(NC3=Nc4ccccc4CS3)CC2)cc1. The maximum atomic E-state index is 12.9. The molecule has 1 N–H and O–H groups in total. The fourth-order valence-corrected chi connectivity index (χ4v) is 4.69. The molecule has 1 saturated heterocycles. The van der Waals surface area contributed by atoms with Crippen molar-refractivity contribution in [3.8, 4) is 5.75 Å². The van der Waals surface area contributed by atoms with Crippen LogP contribution in [0.1, 0.15) is 31.2 Å². The minimum atomic E-state index is -0.228. The second-order valence-electron chi connectivity index (χ2n) is 7.60. The summed E-state index contributed by atoms with van der Waals surface area (Å²) < 4.78 is 18.5. The smallest absolute Gasteiger partial charge is 0.162 e. The van der Waals surface area contributed by atoms with Gasteiger partial charge < -0.3 is 15.0 Å². The van der Waals surface area contributed by atoms with Crippen LogP contribution in [0.4, 0.5) is 10.1 Å². The van der Waals surface area contributed by atoms with Crippen LogP contribution in [0.3, 0.4) is 0 Å². The molecule has 154 valence electrons. The number of aliphatic imine (C=N–C) groups is 1. The molecule has 0 radical (unpaired) electrons. The minimum absolute atomic E-state index is 0.228. The molecule has 0 amide bonds. The number of halogens is 1. The molecule has 4 rings (SSSR count). The number of fused-ring (bicyclic) bond motifs is 1. The van der Waals surface area contributed by atoms with Crippen molar-refractivity contribution in [3.63, 3.8) is 0 Å². The number of nitrogens with zero attached hydrogens (tertiary/aromatic N) is 2. The first-order chi connectivity index (χ1) is 14.3. The lowest BCUT2D eigenvalue weighted by molar-refractivity contribution is 0.197. The minimum Gasteiger partial charge on any atom is -0.494 e. The maximum Gasteiger partial charge on any atom is 0.162 e. The summed E-state index contributed by atoms with van der Waals surface area (Å²) in [5.74, 6) is 1.51. The predicted molar refractivity (Wildman–Crippen MR) is 119 cm³/mol. The lowest BCUT2D eigenvalue weighted by Gasteiger charge is -2.33. The number of hydrogen-bond donors (Lipinski definition) is 1. The van der Waals surface area contributed by atoms with Gasteiger partial charge in [0.1, 0.15) is 11.6 Å². The zero-order chi connectivity index (χ0) is 19.9. The van der Waals surface area contributed by atoms with E-state index >= 15 is 0 Å². The Labute approximate surface area is 176 Å². The number of unbranched alkanes of at least 4 members (excludes halogenated alkanes) is 1. The van der Waals surface area contributed by atoms with E-state index in [1.807, 2.05) is 11.8 Å². The molecular formula is C23H28FN3OS. The summed E-state index contributed by atoms with van der Waals surface area (Å²) in [5, 5.41) is 4.73. The normalized spacial score (nSPS) is 17.5. The predicted octanol–water partition coefficient (Wildman–Crippen LogP) is 4.97. The number of likely N-dealkylation sites (tertiary alicyclic amines) is 1. The highest BCUT2D eigenvalue weighted by Gasteiger charge is 2.21. The first-order valence-electron chi connectivity index (χ1n) is 10.4. The number of piperidine rings is 1. The number of thioether (sulfide) groups is 1. The summed E-state index contributed by atoms with van der Waals surface area (Å²) >= 11 is 1.81. The Balaban J connectivity index is 1.11. The maximum absolute atomic E-state index is 12.9. The van der Waals surface area contributed by atoms with Crippen molar-refractivity contribution in [2.24, 2.45) is 4.99 Å². The zero-order valence-electron chi connectivity index (χ0n) is 16.6. The van der Waals surface area contributed by atoms with Gasteiger partial charge in [0.05, 0.1) is 12.3 Å². The summed E-state index contributed by atoms with van der Waals surface area (Å²) in [4.78, 5) is 7.32. The molecule has 0 bridgehead atoms. The van der Waals surface area contributed by atoms with Gasteiger partial charge in [0.2, 0.25) is 0 Å². The topological polar surface area (TPSA) is 36.9 Å². The molecule has 0 spiro atoms. The number of para-hydroxylation sites is 1. The summed E-state index contributed by atoms with van der Waals surface area (Å²) in [6.45, 7) is 4.06. The first kappa shape index (κ1) is 20.2. The van der Waals surface area contributed by atoms with Crippen LogP contribution in [0.2, 0.25) is 0 Å². The molecule has 2 aliphatic heterocycles. The zero-order valence-corrected chi connectivity index (χ0v) is 17.5. The monoisotopic (exact) mass is 413 g/mol. The quantitative estimate of drug-likeness (QED) is 0.650. The van der Waals surface area contributed by atoms with Crippen LogP contribution in [0.25, 0.3) is 0 Å². The molecule has 2 aliphatic rings. The Bertz CT molecular complexity index is 819. The van der Waals surface area contributed by atoms with E-state index in [4.69, 9.17) is 9.73 Å². The van der Waals surface area contributed by atoms with Crippen LogP contribution in [0.15, 0.2) is 53.5 Å². The summed E-state index contributed by atoms with van der Waals surface area (Å²) in [7, 11) is 0. The third kappa shape index (κ3) is 5.97. The van der Waals surface area contributed by atoms with Crippen molar-refractivity contribution in [1.29, 1.82) is 0 Å². The highest BCUT2D eigenvalue weighted by atomic mass is 32.2. The van der Waals surface area contributed by atoms with Gasteiger partial charge in [-0.3, -0.25) is 0 Å². The number of hydrogen-bond acceptors (Lipinski definition) is 5. The molecule has 0 aromatic heterocycles. The molecule has 0 aliphatic carbocycles. The van der Waals surface area contributed by atoms with Gasteiger partial charge in [-0.05, 0) is 68.1 Å². The van der Waals surface area contributed by atoms with Gasteiger partial charge >= 0.3 is 0 Å². The van der Waals surface area contributed by atoms with E-state index in [0.29, 0.717) is 12.6 Å². The van der Waals surface area contributed by atoms with Crippen molar-refractivity contribution in [2.45, 2.75) is 37.5 Å². The van der Waals surface area contributed by atoms with Crippen molar-refractivity contribution >= 4 is 22.6 Å². The van der Waals surface area contributed by atoms with E-state index in [9.17, 15) is 4.39 Å². The van der Waals surface area contributed by atoms with E-state index in [-0.39, 0.29) is 5.82 Å². The van der Waals surface area contributed by atoms with Gasteiger partial charge in [-0.2, -0.15) is 0 Å². The Morgan fingerprint density at radius 1 is 1.07 bits per heavy atom. The molecule has 1 fully saturated rings. The summed E-state index contributed by atoms with van der Waals surface area (Å²) in [6.07, 6.45) is 4.46. The van der Waals surface area contributed by atoms with Crippen LogP contribution < -0.4 is 10.1 Å². The van der Waals surface area contributed by atoms with Gasteiger partial charge in [0.25, 0.3) is 0 Å². The van der Waals surface area contributed by atoms with Crippen molar-refractivity contribution in [1.82, 2.24) is 10.2 Å². The van der Waals surface area contributed by atoms with Crippen LogP contribution in [0.5, 0.6) is 5.75 Å². The Hall–Kier alpha value is -2.05. The average molecular weight is 414 g/mol. The second-order valence-corrected chi connectivity index (χ2v) is 8.57. The van der Waals surface area contributed by atoms with E-state index in [0.717, 1.165) is 67.7 Å². The van der Waals surface area contributed by atoms with Gasteiger partial charge in [-0.25, -0.2) is 9.38 Å². The summed E-state index contributed by atoms with van der Waals surface area (Å²) in [5.41, 5.74) is 2.43. The molecule has 0 saturated carbocycles. The van der Waals surface area contributed by atoms with Crippen LogP contribution in [0, 0.1) is 5.82 Å². The van der Waals surface area contributed by atoms with Crippen LogP contribution >= 0.6 is 11.8 Å². The highest BCUT2D eigenvalue weighted by Crippen LogP contribution is 2.30. The average Bonchev–Trinajstić information content (AvgIpc) is 2.76. The fraction of sp³-hybridized carbons (Fsp3) is 0.435. The van der Waals surface area contributed by atoms with E-state index in [2.05, 4.69) is 34.5 Å². The van der Waals surface area contributed by atoms with E-state index < -0.39 is 0 Å². The molecule has 29 heavy (non-hydrogen) atoms. The number of benzene rings is 2. The van der Waals surface area contributed by atoms with E-state index in [1.54, 1.807) is 12.1 Å². The Kier molecular flexibility index (Phi) is 7.06.